The molecule has 5 atom stereocenters. The largest absolute Gasteiger partial charge is 0.396 e. The summed E-state index contributed by atoms with van der Waals surface area (Å²) in [5, 5.41) is 9.97. The van der Waals surface area contributed by atoms with Crippen LogP contribution in [0.3, 0.4) is 0 Å². The second-order valence-electron chi connectivity index (χ2n) is 7.56. The summed E-state index contributed by atoms with van der Waals surface area (Å²) in [5.41, 5.74) is 0.849. The molecular formula is C18H23NO2. The molecule has 3 heteroatoms. The van der Waals surface area contributed by atoms with Crippen LogP contribution in [-0.4, -0.2) is 35.1 Å². The monoisotopic (exact) mass is 285 g/mol. The van der Waals surface area contributed by atoms with Crippen molar-refractivity contribution in [1.29, 1.82) is 0 Å². The van der Waals surface area contributed by atoms with E-state index < -0.39 is 0 Å². The number of aliphatic hydroxyl groups is 1. The molecule has 3 aliphatic rings. The topological polar surface area (TPSA) is 40.5 Å². The number of aliphatic hydroxyl groups excluding tert-OH is 1. The van der Waals surface area contributed by atoms with E-state index in [2.05, 4.69) is 18.7 Å². The molecule has 2 aliphatic carbocycles. The molecule has 1 amide bonds. The van der Waals surface area contributed by atoms with Crippen molar-refractivity contribution in [3.63, 3.8) is 0 Å². The Labute approximate surface area is 126 Å². The second-order valence-corrected chi connectivity index (χ2v) is 7.56. The Morgan fingerprint density at radius 1 is 1.24 bits per heavy atom. The van der Waals surface area contributed by atoms with Crippen LogP contribution in [0.25, 0.3) is 0 Å². The maximum Gasteiger partial charge on any atom is 0.254 e. The Kier molecular flexibility index (Phi) is 2.60. The summed E-state index contributed by atoms with van der Waals surface area (Å²) in [5.74, 6) is 1.28. The minimum atomic E-state index is -0.0198. The molecule has 1 aromatic rings. The van der Waals surface area contributed by atoms with Gasteiger partial charge in [-0.05, 0) is 36.8 Å². The molecule has 112 valence electrons. The maximum atomic E-state index is 12.9. The number of benzene rings is 1. The first kappa shape index (κ1) is 13.3. The SMILES string of the molecule is CC1(CO)C2CC3CN(C(=O)c4ccccc4)C(C2)C31C. The van der Waals surface area contributed by atoms with Gasteiger partial charge in [-0.1, -0.05) is 32.0 Å². The number of nitrogens with zero attached hydrogens (tertiary/aromatic N) is 1. The van der Waals surface area contributed by atoms with Gasteiger partial charge in [0.05, 0.1) is 0 Å². The number of amides is 1. The molecule has 1 aromatic carbocycles. The Morgan fingerprint density at radius 3 is 2.57 bits per heavy atom. The fourth-order valence-electron chi connectivity index (χ4n) is 5.63. The minimum Gasteiger partial charge on any atom is -0.396 e. The van der Waals surface area contributed by atoms with Crippen molar-refractivity contribution in [3.05, 3.63) is 35.9 Å². The van der Waals surface area contributed by atoms with E-state index >= 15 is 0 Å². The van der Waals surface area contributed by atoms with Gasteiger partial charge in [0.25, 0.3) is 5.91 Å². The van der Waals surface area contributed by atoms with E-state index in [4.69, 9.17) is 0 Å². The zero-order valence-corrected chi connectivity index (χ0v) is 12.7. The van der Waals surface area contributed by atoms with Crippen LogP contribution in [0.15, 0.2) is 30.3 Å². The standard InChI is InChI=1S/C18H23NO2/c1-17(11-20)13-8-14-10-19(15(9-13)18(14,17)2)16(21)12-6-4-3-5-7-12/h3-7,13-15,20H,8-11H2,1-2H3. The van der Waals surface area contributed by atoms with E-state index in [1.165, 1.54) is 6.42 Å². The van der Waals surface area contributed by atoms with Gasteiger partial charge in [0.15, 0.2) is 0 Å². The van der Waals surface area contributed by atoms with Crippen molar-refractivity contribution in [2.24, 2.45) is 22.7 Å². The lowest BCUT2D eigenvalue weighted by atomic mass is 9.66. The van der Waals surface area contributed by atoms with Gasteiger partial charge < -0.3 is 10.0 Å². The van der Waals surface area contributed by atoms with Crippen LogP contribution in [0.2, 0.25) is 0 Å². The van der Waals surface area contributed by atoms with Gasteiger partial charge in [0.2, 0.25) is 0 Å². The average Bonchev–Trinajstić information content (AvgIpc) is 2.90. The van der Waals surface area contributed by atoms with Crippen LogP contribution in [0, 0.1) is 22.7 Å². The zero-order valence-electron chi connectivity index (χ0n) is 12.7. The molecule has 21 heavy (non-hydrogen) atoms. The lowest BCUT2D eigenvalue weighted by Gasteiger charge is -2.40. The molecule has 0 spiro atoms. The molecule has 1 heterocycles. The Hall–Kier alpha value is -1.35. The van der Waals surface area contributed by atoms with E-state index in [0.29, 0.717) is 17.9 Å². The lowest BCUT2D eigenvalue weighted by Crippen LogP contribution is -2.44. The molecule has 3 nitrogen and oxygen atoms in total. The van der Waals surface area contributed by atoms with Crippen LogP contribution in [0.1, 0.15) is 37.0 Å². The normalized spacial score (nSPS) is 43.6. The summed E-state index contributed by atoms with van der Waals surface area (Å²) in [6.45, 7) is 5.65. The molecule has 1 aliphatic heterocycles. The molecule has 0 aromatic heterocycles. The number of fused-ring (bicyclic) bond motifs is 1. The Bertz CT molecular complexity index is 586. The van der Waals surface area contributed by atoms with Crippen molar-refractivity contribution >= 4 is 5.91 Å². The number of carbonyl (C=O) groups excluding carboxylic acids is 1. The molecule has 3 fully saturated rings. The van der Waals surface area contributed by atoms with E-state index in [-0.39, 0.29) is 23.3 Å². The fourth-order valence-corrected chi connectivity index (χ4v) is 5.63. The average molecular weight is 285 g/mol. The van der Waals surface area contributed by atoms with E-state index in [9.17, 15) is 9.90 Å². The summed E-state index contributed by atoms with van der Waals surface area (Å²) in [6, 6.07) is 9.90. The smallest absolute Gasteiger partial charge is 0.254 e. The van der Waals surface area contributed by atoms with Crippen LogP contribution in [-0.2, 0) is 0 Å². The van der Waals surface area contributed by atoms with Gasteiger partial charge in [0.1, 0.15) is 0 Å². The fraction of sp³-hybridized carbons (Fsp3) is 0.611. The summed E-state index contributed by atoms with van der Waals surface area (Å²) < 4.78 is 0. The minimum absolute atomic E-state index is 0.0198. The Morgan fingerprint density at radius 2 is 1.95 bits per heavy atom. The van der Waals surface area contributed by atoms with Crippen molar-refractivity contribution in [2.75, 3.05) is 13.2 Å². The molecular weight excluding hydrogens is 262 g/mol. The third kappa shape index (κ3) is 1.41. The first-order valence-electron chi connectivity index (χ1n) is 7.99. The second kappa shape index (κ2) is 4.10. The molecule has 4 rings (SSSR count). The van der Waals surface area contributed by atoms with Crippen LogP contribution in [0.5, 0.6) is 0 Å². The third-order valence-corrected chi connectivity index (χ3v) is 7.15. The summed E-state index contributed by atoms with van der Waals surface area (Å²) in [6.07, 6.45) is 2.23. The van der Waals surface area contributed by atoms with Gasteiger partial charge >= 0.3 is 0 Å². The Balaban J connectivity index is 1.70. The first-order valence-corrected chi connectivity index (χ1v) is 7.99. The van der Waals surface area contributed by atoms with Crippen LogP contribution in [0.4, 0.5) is 0 Å². The van der Waals surface area contributed by atoms with E-state index in [0.717, 1.165) is 18.5 Å². The number of likely N-dealkylation sites (tertiary alicyclic amines) is 1. The highest BCUT2D eigenvalue weighted by Crippen LogP contribution is 2.72. The molecule has 1 saturated heterocycles. The highest BCUT2D eigenvalue weighted by Gasteiger charge is 2.72. The number of hydrogen-bond donors (Lipinski definition) is 1. The number of carbonyl (C=O) groups is 1. The quantitative estimate of drug-likeness (QED) is 0.907. The van der Waals surface area contributed by atoms with Gasteiger partial charge in [-0.15, -0.1) is 0 Å². The molecule has 2 saturated carbocycles. The van der Waals surface area contributed by atoms with Crippen molar-refractivity contribution < 1.29 is 9.90 Å². The zero-order chi connectivity index (χ0) is 14.8. The maximum absolute atomic E-state index is 12.9. The van der Waals surface area contributed by atoms with Crippen molar-refractivity contribution in [2.45, 2.75) is 32.7 Å². The predicted molar refractivity (Wildman–Crippen MR) is 80.8 cm³/mol. The summed E-state index contributed by atoms with van der Waals surface area (Å²) >= 11 is 0. The molecule has 0 radical (unpaired) electrons. The summed E-state index contributed by atoms with van der Waals surface area (Å²) in [7, 11) is 0. The highest BCUT2D eigenvalue weighted by molar-refractivity contribution is 5.94. The van der Waals surface area contributed by atoms with E-state index in [1.54, 1.807) is 0 Å². The van der Waals surface area contributed by atoms with Gasteiger partial charge in [-0.3, -0.25) is 4.79 Å². The van der Waals surface area contributed by atoms with Crippen LogP contribution < -0.4 is 0 Å². The predicted octanol–water partition coefficient (Wildman–Crippen LogP) is 2.56. The van der Waals surface area contributed by atoms with Crippen LogP contribution >= 0.6 is 0 Å². The summed E-state index contributed by atoms with van der Waals surface area (Å²) in [4.78, 5) is 15.0. The van der Waals surface area contributed by atoms with Crippen molar-refractivity contribution in [1.82, 2.24) is 4.90 Å². The highest BCUT2D eigenvalue weighted by atomic mass is 16.3. The molecule has 2 bridgehead atoms. The van der Waals surface area contributed by atoms with Gasteiger partial charge in [-0.25, -0.2) is 0 Å². The van der Waals surface area contributed by atoms with Crippen molar-refractivity contribution in [3.8, 4) is 0 Å². The van der Waals surface area contributed by atoms with Gasteiger partial charge in [-0.2, -0.15) is 0 Å². The van der Waals surface area contributed by atoms with Gasteiger partial charge in [0, 0.05) is 35.6 Å². The first-order chi connectivity index (χ1) is 10.0. The number of hydrogen-bond acceptors (Lipinski definition) is 2. The van der Waals surface area contributed by atoms with E-state index in [1.807, 2.05) is 30.3 Å². The third-order valence-electron chi connectivity index (χ3n) is 7.15. The number of rotatable bonds is 2. The molecule has 5 unspecified atom stereocenters. The molecule has 1 N–H and O–H groups in total. The lowest BCUT2D eigenvalue weighted by molar-refractivity contribution is 0.0220.